The van der Waals surface area contributed by atoms with Crippen LogP contribution in [0.1, 0.15) is 28.1 Å². The van der Waals surface area contributed by atoms with Crippen molar-refractivity contribution in [3.8, 4) is 11.4 Å². The number of rotatable bonds is 5. The molecule has 2 aliphatic heterocycles. The largest absolute Gasteiger partial charge is 0.487 e. The molecule has 8 heteroatoms. The second kappa shape index (κ2) is 9.03. The second-order valence-corrected chi connectivity index (χ2v) is 9.61. The molecule has 1 N–H and O–H groups in total. The minimum Gasteiger partial charge on any atom is -0.487 e. The number of amidine groups is 2. The Hall–Kier alpha value is -3.91. The van der Waals surface area contributed by atoms with Crippen LogP contribution in [0.3, 0.4) is 0 Å². The lowest BCUT2D eigenvalue weighted by atomic mass is 10.1. The number of fused-ring (bicyclic) bond motifs is 1. The molecular formula is C27H25N5O2S. The lowest BCUT2D eigenvalue weighted by Gasteiger charge is -2.20. The van der Waals surface area contributed by atoms with E-state index in [9.17, 15) is 4.79 Å². The van der Waals surface area contributed by atoms with Gasteiger partial charge in [-0.25, -0.2) is 0 Å². The summed E-state index contributed by atoms with van der Waals surface area (Å²) in [5, 5.41) is 15.6. The van der Waals surface area contributed by atoms with Crippen LogP contribution in [-0.2, 0) is 4.79 Å². The molecule has 0 unspecified atom stereocenters. The third kappa shape index (κ3) is 4.33. The summed E-state index contributed by atoms with van der Waals surface area (Å²) in [6.07, 6.45) is 1.74. The van der Waals surface area contributed by atoms with E-state index in [0.29, 0.717) is 10.2 Å². The summed E-state index contributed by atoms with van der Waals surface area (Å²) in [4.78, 5) is 17.1. The van der Waals surface area contributed by atoms with Crippen LogP contribution in [0.2, 0.25) is 0 Å². The van der Waals surface area contributed by atoms with Crippen molar-refractivity contribution in [3.63, 3.8) is 0 Å². The van der Waals surface area contributed by atoms with E-state index < -0.39 is 5.91 Å². The van der Waals surface area contributed by atoms with Gasteiger partial charge in [0.25, 0.3) is 5.91 Å². The normalized spacial score (nSPS) is 16.5. The summed E-state index contributed by atoms with van der Waals surface area (Å²) >= 11 is 1.25. The third-order valence-electron chi connectivity index (χ3n) is 5.97. The number of nitrogens with zero attached hydrogens (tertiary/aromatic N) is 4. The molecule has 2 aromatic carbocycles. The maximum Gasteiger partial charge on any atom is 0.283 e. The first-order valence-electron chi connectivity index (χ1n) is 11.3. The molecule has 3 heterocycles. The molecule has 1 aromatic heterocycles. The number of thioether (sulfide) groups is 1. The highest BCUT2D eigenvalue weighted by Gasteiger charge is 2.36. The maximum atomic E-state index is 12.9. The zero-order chi connectivity index (χ0) is 24.7. The lowest BCUT2D eigenvalue weighted by molar-refractivity contribution is -0.114. The number of amides is 1. The van der Waals surface area contributed by atoms with E-state index in [1.54, 1.807) is 6.08 Å². The van der Waals surface area contributed by atoms with Gasteiger partial charge in [0.05, 0.1) is 5.57 Å². The number of hydrogen-bond acceptors (Lipinski definition) is 5. The number of benzene rings is 2. The van der Waals surface area contributed by atoms with Gasteiger partial charge < -0.3 is 9.30 Å². The highest BCUT2D eigenvalue weighted by molar-refractivity contribution is 8.27. The number of aromatic nitrogens is 1. The van der Waals surface area contributed by atoms with Gasteiger partial charge in [0, 0.05) is 17.1 Å². The minimum atomic E-state index is -0.439. The molecule has 5 rings (SSSR count). The van der Waals surface area contributed by atoms with Gasteiger partial charge in [0.15, 0.2) is 5.84 Å². The van der Waals surface area contributed by atoms with Gasteiger partial charge in [0.2, 0.25) is 5.17 Å². The molecule has 0 saturated heterocycles. The van der Waals surface area contributed by atoms with Crippen molar-refractivity contribution in [2.45, 2.75) is 27.7 Å². The number of carbonyl (C=O) groups is 1. The Kier molecular flexibility index (Phi) is 5.90. The molecule has 35 heavy (non-hydrogen) atoms. The highest BCUT2D eigenvalue weighted by Crippen LogP contribution is 2.30. The van der Waals surface area contributed by atoms with Crippen LogP contribution in [0.15, 0.2) is 70.3 Å². The maximum absolute atomic E-state index is 12.9. The number of hydrazone groups is 1. The smallest absolute Gasteiger partial charge is 0.283 e. The Balaban J connectivity index is 1.41. The fourth-order valence-electron chi connectivity index (χ4n) is 4.21. The van der Waals surface area contributed by atoms with Crippen molar-refractivity contribution >= 4 is 39.8 Å². The number of ether oxygens (including phenoxy) is 1. The quantitative estimate of drug-likeness (QED) is 0.492. The standard InChI is InChI=1S/C27H25N5O2S/c1-16-8-7-10-21(12-16)34-15-24-30-32-25(28)22(26(33)29-27(32)35-24)14-20-13-18(3)31(19(20)4)23-11-6-5-9-17(23)2/h5-14,28H,15H2,1-4H3/b22-14+,28-25?. The van der Waals surface area contributed by atoms with Crippen LogP contribution in [0, 0.1) is 33.1 Å². The van der Waals surface area contributed by atoms with Gasteiger partial charge in [-0.2, -0.15) is 15.1 Å². The van der Waals surface area contributed by atoms with Crippen LogP contribution in [0.25, 0.3) is 11.8 Å². The summed E-state index contributed by atoms with van der Waals surface area (Å²) in [6, 6.07) is 18.0. The predicted molar refractivity (Wildman–Crippen MR) is 142 cm³/mol. The zero-order valence-electron chi connectivity index (χ0n) is 20.0. The predicted octanol–water partition coefficient (Wildman–Crippen LogP) is 5.41. The molecule has 0 fully saturated rings. The van der Waals surface area contributed by atoms with E-state index in [-0.39, 0.29) is 18.0 Å². The number of para-hydroxylation sites is 1. The van der Waals surface area contributed by atoms with E-state index in [2.05, 4.69) is 33.7 Å². The summed E-state index contributed by atoms with van der Waals surface area (Å²) in [5.74, 6) is 0.320. The number of aliphatic imine (C=N–C) groups is 1. The van der Waals surface area contributed by atoms with E-state index in [1.165, 1.54) is 16.8 Å². The highest BCUT2D eigenvalue weighted by atomic mass is 32.2. The Labute approximate surface area is 208 Å². The Morgan fingerprint density at radius 2 is 1.86 bits per heavy atom. The van der Waals surface area contributed by atoms with E-state index in [0.717, 1.165) is 39.5 Å². The molecule has 0 saturated carbocycles. The molecule has 0 radical (unpaired) electrons. The first-order chi connectivity index (χ1) is 16.8. The van der Waals surface area contributed by atoms with Crippen molar-refractivity contribution in [1.82, 2.24) is 9.58 Å². The fourth-order valence-corrected chi connectivity index (χ4v) is 5.01. The molecule has 176 valence electrons. The number of aryl methyl sites for hydroxylation is 3. The molecule has 1 amide bonds. The second-order valence-electron chi connectivity index (χ2n) is 8.57. The molecule has 2 aliphatic rings. The van der Waals surface area contributed by atoms with Crippen LogP contribution in [0.4, 0.5) is 0 Å². The first-order valence-corrected chi connectivity index (χ1v) is 12.1. The van der Waals surface area contributed by atoms with Crippen LogP contribution in [0.5, 0.6) is 5.75 Å². The first kappa shape index (κ1) is 22.9. The van der Waals surface area contributed by atoms with Gasteiger partial charge in [-0.3, -0.25) is 10.2 Å². The molecule has 3 aromatic rings. The Morgan fingerprint density at radius 1 is 1.06 bits per heavy atom. The van der Waals surface area contributed by atoms with Crippen molar-refractivity contribution in [1.29, 1.82) is 5.41 Å². The molecule has 0 bridgehead atoms. The van der Waals surface area contributed by atoms with Gasteiger partial charge >= 0.3 is 0 Å². The van der Waals surface area contributed by atoms with Crippen molar-refractivity contribution < 1.29 is 9.53 Å². The average Bonchev–Trinajstić information content (AvgIpc) is 3.35. The van der Waals surface area contributed by atoms with E-state index in [4.69, 9.17) is 10.1 Å². The third-order valence-corrected chi connectivity index (χ3v) is 6.86. The summed E-state index contributed by atoms with van der Waals surface area (Å²) in [5.41, 5.74) is 6.48. The van der Waals surface area contributed by atoms with Crippen LogP contribution < -0.4 is 4.74 Å². The topological polar surface area (TPSA) is 83.0 Å². The van der Waals surface area contributed by atoms with E-state index in [1.807, 2.05) is 63.2 Å². The molecule has 0 aliphatic carbocycles. The SMILES string of the molecule is Cc1cccc(OCC2=NN3C(=N)/C(=C\c4cc(C)n(-c5ccccc5C)c4C)C(=O)N=C3S2)c1. The van der Waals surface area contributed by atoms with Gasteiger partial charge in [0.1, 0.15) is 17.4 Å². The lowest BCUT2D eigenvalue weighted by Crippen LogP contribution is -2.35. The van der Waals surface area contributed by atoms with E-state index >= 15 is 0 Å². The van der Waals surface area contributed by atoms with Gasteiger partial charge in [-0.15, -0.1) is 0 Å². The summed E-state index contributed by atoms with van der Waals surface area (Å²) in [7, 11) is 0. The molecular weight excluding hydrogens is 458 g/mol. The summed E-state index contributed by atoms with van der Waals surface area (Å²) in [6.45, 7) is 8.37. The Morgan fingerprint density at radius 3 is 2.63 bits per heavy atom. The van der Waals surface area contributed by atoms with Crippen molar-refractivity contribution in [2.24, 2.45) is 10.1 Å². The van der Waals surface area contributed by atoms with Crippen molar-refractivity contribution in [3.05, 3.63) is 88.2 Å². The monoisotopic (exact) mass is 483 g/mol. The molecule has 0 spiro atoms. The Bertz CT molecular complexity index is 1460. The summed E-state index contributed by atoms with van der Waals surface area (Å²) < 4.78 is 8.00. The van der Waals surface area contributed by atoms with Crippen LogP contribution in [-0.4, -0.2) is 38.1 Å². The van der Waals surface area contributed by atoms with Gasteiger partial charge in [-0.1, -0.05) is 30.3 Å². The number of nitrogens with one attached hydrogen (secondary N) is 1. The number of hydrogen-bond donors (Lipinski definition) is 1. The van der Waals surface area contributed by atoms with Crippen molar-refractivity contribution in [2.75, 3.05) is 6.61 Å². The minimum absolute atomic E-state index is 0.0127. The fraction of sp³-hybridized carbons (Fsp3) is 0.185. The molecule has 0 atom stereocenters. The molecule has 7 nitrogen and oxygen atoms in total. The van der Waals surface area contributed by atoms with Crippen LogP contribution >= 0.6 is 11.8 Å². The average molecular weight is 484 g/mol. The zero-order valence-corrected chi connectivity index (χ0v) is 20.8. The van der Waals surface area contributed by atoms with Gasteiger partial charge in [-0.05, 0) is 86.5 Å². The number of carbonyl (C=O) groups excluding carboxylic acids is 1.